The van der Waals surface area contributed by atoms with Gasteiger partial charge in [0.05, 0.1) is 0 Å². The Morgan fingerprint density at radius 1 is 1.23 bits per heavy atom. The van der Waals surface area contributed by atoms with Crippen LogP contribution < -0.4 is 5.32 Å². The number of nitrogens with zero attached hydrogens (tertiary/aromatic N) is 1. The van der Waals surface area contributed by atoms with Crippen LogP contribution in [0.4, 0.5) is 5.69 Å². The number of aryl methyl sites for hydroxylation is 1. The molecule has 22 heavy (non-hydrogen) atoms. The minimum absolute atomic E-state index is 0.0991. The Labute approximate surface area is 132 Å². The number of nitrogens with one attached hydrogen (secondary N) is 1. The number of anilines is 1. The molecule has 0 spiro atoms. The normalized spacial score (nSPS) is 13.2. The maximum Gasteiger partial charge on any atom is 0.254 e. The summed E-state index contributed by atoms with van der Waals surface area (Å²) in [5.41, 5.74) is 5.49. The number of hydrogen-bond donors (Lipinski definition) is 1. The van der Waals surface area contributed by atoms with Gasteiger partial charge in [-0.05, 0) is 43.0 Å². The van der Waals surface area contributed by atoms with Crippen molar-refractivity contribution in [2.45, 2.75) is 26.3 Å². The quantitative estimate of drug-likeness (QED) is 0.937. The molecule has 1 aliphatic heterocycles. The zero-order valence-electron chi connectivity index (χ0n) is 13.2. The van der Waals surface area contributed by atoms with Crippen LogP contribution in [0.15, 0.2) is 42.5 Å². The summed E-state index contributed by atoms with van der Waals surface area (Å²) in [7, 11) is 1.88. The molecule has 114 valence electrons. The van der Waals surface area contributed by atoms with Crippen LogP contribution in [0.1, 0.15) is 33.5 Å². The van der Waals surface area contributed by atoms with Gasteiger partial charge in [-0.3, -0.25) is 4.79 Å². The number of fused-ring (bicyclic) bond motifs is 1. The van der Waals surface area contributed by atoms with Crippen LogP contribution in [0, 0.1) is 6.92 Å². The van der Waals surface area contributed by atoms with Crippen LogP contribution in [0.3, 0.4) is 0 Å². The monoisotopic (exact) mass is 294 g/mol. The SMILES string of the molecule is Cc1cccc(CN(C)C(=O)c2cccc3c2CCCN3)c1. The van der Waals surface area contributed by atoms with Gasteiger partial charge in [0.15, 0.2) is 0 Å². The minimum Gasteiger partial charge on any atom is -0.385 e. The lowest BCUT2D eigenvalue weighted by atomic mass is 9.97. The molecule has 3 heteroatoms. The highest BCUT2D eigenvalue weighted by Gasteiger charge is 2.20. The number of amides is 1. The van der Waals surface area contributed by atoms with E-state index in [4.69, 9.17) is 0 Å². The fraction of sp³-hybridized carbons (Fsp3) is 0.316. The Morgan fingerprint density at radius 3 is 2.86 bits per heavy atom. The second kappa shape index (κ2) is 6.22. The van der Waals surface area contributed by atoms with Crippen molar-refractivity contribution in [3.05, 3.63) is 64.7 Å². The van der Waals surface area contributed by atoms with Gasteiger partial charge in [-0.1, -0.05) is 35.9 Å². The minimum atomic E-state index is 0.0991. The Hall–Kier alpha value is -2.29. The molecule has 1 N–H and O–H groups in total. The highest BCUT2D eigenvalue weighted by atomic mass is 16.2. The second-order valence-corrected chi connectivity index (χ2v) is 6.01. The van der Waals surface area contributed by atoms with E-state index in [0.29, 0.717) is 6.54 Å². The van der Waals surface area contributed by atoms with Crippen LogP contribution in [0.2, 0.25) is 0 Å². The van der Waals surface area contributed by atoms with E-state index in [2.05, 4.69) is 36.5 Å². The first-order chi connectivity index (χ1) is 10.6. The molecular formula is C19H22N2O. The van der Waals surface area contributed by atoms with E-state index in [1.165, 1.54) is 11.1 Å². The largest absolute Gasteiger partial charge is 0.385 e. The van der Waals surface area contributed by atoms with E-state index in [0.717, 1.165) is 36.2 Å². The van der Waals surface area contributed by atoms with Crippen LogP contribution in [-0.4, -0.2) is 24.4 Å². The van der Waals surface area contributed by atoms with Crippen LogP contribution in [0.25, 0.3) is 0 Å². The fourth-order valence-electron chi connectivity index (χ4n) is 3.07. The molecular weight excluding hydrogens is 272 g/mol. The average molecular weight is 294 g/mol. The van der Waals surface area contributed by atoms with Gasteiger partial charge in [-0.25, -0.2) is 0 Å². The van der Waals surface area contributed by atoms with Crippen molar-refractivity contribution < 1.29 is 4.79 Å². The van der Waals surface area contributed by atoms with Crippen molar-refractivity contribution in [2.75, 3.05) is 18.9 Å². The smallest absolute Gasteiger partial charge is 0.254 e. The van der Waals surface area contributed by atoms with Crippen LogP contribution in [0.5, 0.6) is 0 Å². The van der Waals surface area contributed by atoms with Gasteiger partial charge in [-0.15, -0.1) is 0 Å². The van der Waals surface area contributed by atoms with Gasteiger partial charge in [0.2, 0.25) is 0 Å². The van der Waals surface area contributed by atoms with Gasteiger partial charge in [0, 0.05) is 31.4 Å². The summed E-state index contributed by atoms with van der Waals surface area (Å²) in [4.78, 5) is 14.6. The van der Waals surface area contributed by atoms with Crippen molar-refractivity contribution in [1.29, 1.82) is 0 Å². The number of carbonyl (C=O) groups is 1. The number of hydrogen-bond acceptors (Lipinski definition) is 2. The Morgan fingerprint density at radius 2 is 2.05 bits per heavy atom. The molecule has 1 heterocycles. The second-order valence-electron chi connectivity index (χ2n) is 6.01. The van der Waals surface area contributed by atoms with E-state index in [-0.39, 0.29) is 5.91 Å². The number of benzene rings is 2. The standard InChI is InChI=1S/C19H22N2O/c1-14-6-3-7-15(12-14)13-21(2)19(22)17-8-4-10-18-16(17)9-5-11-20-18/h3-4,6-8,10,12,20H,5,9,11,13H2,1-2H3. The summed E-state index contributed by atoms with van der Waals surface area (Å²) in [5.74, 6) is 0.0991. The summed E-state index contributed by atoms with van der Waals surface area (Å²) in [6.07, 6.45) is 2.06. The summed E-state index contributed by atoms with van der Waals surface area (Å²) in [5, 5.41) is 3.38. The lowest BCUT2D eigenvalue weighted by Gasteiger charge is -2.23. The topological polar surface area (TPSA) is 32.3 Å². The van der Waals surface area contributed by atoms with E-state index >= 15 is 0 Å². The fourth-order valence-corrected chi connectivity index (χ4v) is 3.07. The molecule has 0 saturated heterocycles. The molecule has 0 aliphatic carbocycles. The molecule has 2 aromatic rings. The summed E-state index contributed by atoms with van der Waals surface area (Å²) in [6.45, 7) is 3.70. The van der Waals surface area contributed by atoms with Crippen molar-refractivity contribution in [1.82, 2.24) is 4.90 Å². The molecule has 0 unspecified atom stereocenters. The van der Waals surface area contributed by atoms with E-state index in [1.807, 2.05) is 25.2 Å². The zero-order valence-corrected chi connectivity index (χ0v) is 13.2. The highest BCUT2D eigenvalue weighted by Crippen LogP contribution is 2.26. The van der Waals surface area contributed by atoms with Crippen molar-refractivity contribution in [3.63, 3.8) is 0 Å². The van der Waals surface area contributed by atoms with Crippen LogP contribution in [-0.2, 0) is 13.0 Å². The van der Waals surface area contributed by atoms with E-state index < -0.39 is 0 Å². The first-order valence-electron chi connectivity index (χ1n) is 7.82. The van der Waals surface area contributed by atoms with Crippen molar-refractivity contribution >= 4 is 11.6 Å². The first kappa shape index (κ1) is 14.6. The third-order valence-electron chi connectivity index (χ3n) is 4.17. The molecule has 1 aliphatic rings. The zero-order chi connectivity index (χ0) is 15.5. The van der Waals surface area contributed by atoms with Gasteiger partial charge >= 0.3 is 0 Å². The van der Waals surface area contributed by atoms with Crippen molar-refractivity contribution in [2.24, 2.45) is 0 Å². The maximum absolute atomic E-state index is 12.8. The molecule has 1 amide bonds. The highest BCUT2D eigenvalue weighted by molar-refractivity contribution is 5.97. The predicted molar refractivity (Wildman–Crippen MR) is 90.2 cm³/mol. The van der Waals surface area contributed by atoms with Gasteiger partial charge in [0.1, 0.15) is 0 Å². The van der Waals surface area contributed by atoms with Gasteiger partial charge < -0.3 is 10.2 Å². The number of rotatable bonds is 3. The third-order valence-corrected chi connectivity index (χ3v) is 4.17. The molecule has 2 aromatic carbocycles. The molecule has 3 rings (SSSR count). The van der Waals surface area contributed by atoms with E-state index in [9.17, 15) is 4.79 Å². The summed E-state index contributed by atoms with van der Waals surface area (Å²) in [6, 6.07) is 14.3. The lowest BCUT2D eigenvalue weighted by molar-refractivity contribution is 0.0784. The molecule has 3 nitrogen and oxygen atoms in total. The van der Waals surface area contributed by atoms with Crippen LogP contribution >= 0.6 is 0 Å². The molecule has 0 atom stereocenters. The maximum atomic E-state index is 12.8. The van der Waals surface area contributed by atoms with E-state index in [1.54, 1.807) is 4.90 Å². The molecule has 0 bridgehead atoms. The molecule has 0 aromatic heterocycles. The number of carbonyl (C=O) groups excluding carboxylic acids is 1. The first-order valence-corrected chi connectivity index (χ1v) is 7.82. The molecule has 0 saturated carbocycles. The Bertz CT molecular complexity index is 694. The van der Waals surface area contributed by atoms with Gasteiger partial charge in [-0.2, -0.15) is 0 Å². The van der Waals surface area contributed by atoms with Gasteiger partial charge in [0.25, 0.3) is 5.91 Å². The third kappa shape index (κ3) is 2.98. The molecule has 0 fully saturated rings. The lowest BCUT2D eigenvalue weighted by Crippen LogP contribution is -2.28. The summed E-state index contributed by atoms with van der Waals surface area (Å²) >= 11 is 0. The van der Waals surface area contributed by atoms with Crippen molar-refractivity contribution in [3.8, 4) is 0 Å². The predicted octanol–water partition coefficient (Wildman–Crippen LogP) is 3.63. The molecule has 0 radical (unpaired) electrons. The Balaban J connectivity index is 1.82. The summed E-state index contributed by atoms with van der Waals surface area (Å²) < 4.78 is 0. The Kier molecular flexibility index (Phi) is 4.14. The average Bonchev–Trinajstić information content (AvgIpc) is 2.53.